The first-order chi connectivity index (χ1) is 18.9. The molecule has 0 aliphatic carbocycles. The van der Waals surface area contributed by atoms with E-state index in [4.69, 9.17) is 4.74 Å². The second kappa shape index (κ2) is 11.7. The fourth-order valence-corrected chi connectivity index (χ4v) is 5.95. The summed E-state index contributed by atoms with van der Waals surface area (Å²) < 4.78 is 20.4. The van der Waals surface area contributed by atoms with Gasteiger partial charge in [-0.05, 0) is 62.6 Å². The van der Waals surface area contributed by atoms with Gasteiger partial charge in [0.15, 0.2) is 39.2 Å². The van der Waals surface area contributed by atoms with Gasteiger partial charge in [0.05, 0.1) is 16.8 Å². The van der Waals surface area contributed by atoms with Crippen molar-refractivity contribution in [2.24, 2.45) is 0 Å². The third-order valence-electron chi connectivity index (χ3n) is 5.85. The molecular formula is C27H25FN6O3S2. The van der Waals surface area contributed by atoms with Crippen molar-refractivity contribution in [2.45, 2.75) is 26.7 Å². The molecule has 0 saturated heterocycles. The van der Waals surface area contributed by atoms with Crippen LogP contribution < -0.4 is 15.0 Å². The molecule has 5 aromatic rings. The first-order valence-corrected chi connectivity index (χ1v) is 13.9. The molecule has 0 aliphatic rings. The predicted octanol–water partition coefficient (Wildman–Crippen LogP) is 6.60. The SMILES string of the molecule is CCN(c1cc(C)c(Nc2nc3ccccc3s2)nn1)c1nc(C(=O)O)c(CCCOc2ccccc2F)s1. The third kappa shape index (κ3) is 5.96. The number of fused-ring (bicyclic) bond motifs is 1. The number of para-hydroxylation sites is 2. The van der Waals surface area contributed by atoms with Gasteiger partial charge in [-0.3, -0.25) is 0 Å². The number of hydrogen-bond acceptors (Lipinski definition) is 10. The highest BCUT2D eigenvalue weighted by molar-refractivity contribution is 7.22. The first-order valence-electron chi connectivity index (χ1n) is 12.3. The number of carbonyl (C=O) groups is 1. The number of ether oxygens (including phenoxy) is 1. The minimum atomic E-state index is -1.10. The van der Waals surface area contributed by atoms with E-state index in [9.17, 15) is 14.3 Å². The number of aromatic nitrogens is 4. The molecule has 0 atom stereocenters. The van der Waals surface area contributed by atoms with Gasteiger partial charge in [0.1, 0.15) is 0 Å². The molecule has 0 bridgehead atoms. The summed E-state index contributed by atoms with van der Waals surface area (Å²) in [4.78, 5) is 23.4. The van der Waals surface area contributed by atoms with Gasteiger partial charge < -0.3 is 20.1 Å². The standard InChI is InChI=1S/C27H25FN6O3S2/c1-3-34(22-15-16(2)24(33-32-22)31-26-29-18-10-5-7-12-20(18)38-26)27-30-23(25(35)36)21(39-27)13-8-14-37-19-11-6-4-9-17(19)28/h4-7,9-12,15H,3,8,13-14H2,1-2H3,(H,35,36)(H,29,31,33). The second-order valence-electron chi connectivity index (χ2n) is 8.55. The van der Waals surface area contributed by atoms with Gasteiger partial charge >= 0.3 is 5.97 Å². The van der Waals surface area contributed by atoms with E-state index in [0.717, 1.165) is 20.9 Å². The largest absolute Gasteiger partial charge is 0.491 e. The van der Waals surface area contributed by atoms with Crippen molar-refractivity contribution in [3.05, 3.63) is 76.5 Å². The highest BCUT2D eigenvalue weighted by atomic mass is 32.1. The summed E-state index contributed by atoms with van der Waals surface area (Å²) in [6.45, 7) is 4.63. The van der Waals surface area contributed by atoms with Crippen molar-refractivity contribution < 1.29 is 19.0 Å². The predicted molar refractivity (Wildman–Crippen MR) is 152 cm³/mol. The fourth-order valence-electron chi connectivity index (χ4n) is 3.92. The zero-order valence-corrected chi connectivity index (χ0v) is 22.9. The van der Waals surface area contributed by atoms with Crippen molar-refractivity contribution in [3.8, 4) is 5.75 Å². The Balaban J connectivity index is 1.30. The van der Waals surface area contributed by atoms with E-state index in [1.54, 1.807) is 18.2 Å². The molecule has 3 aromatic heterocycles. The number of hydrogen-bond donors (Lipinski definition) is 2. The number of carboxylic acids is 1. The van der Waals surface area contributed by atoms with Crippen LogP contribution in [0.1, 0.15) is 34.3 Å². The van der Waals surface area contributed by atoms with E-state index in [1.165, 1.54) is 28.7 Å². The lowest BCUT2D eigenvalue weighted by Crippen LogP contribution is -2.18. The molecule has 3 heterocycles. The summed E-state index contributed by atoms with van der Waals surface area (Å²) >= 11 is 2.83. The number of carboxylic acid groups (broad SMARTS) is 1. The number of nitrogens with one attached hydrogen (secondary N) is 1. The Morgan fingerprint density at radius 3 is 2.64 bits per heavy atom. The molecule has 0 aliphatic heterocycles. The molecule has 0 spiro atoms. The number of thiazole rings is 2. The maximum Gasteiger partial charge on any atom is 0.355 e. The number of nitrogens with zero attached hydrogens (tertiary/aromatic N) is 5. The van der Waals surface area contributed by atoms with Crippen LogP contribution in [0, 0.1) is 12.7 Å². The Labute approximate surface area is 232 Å². The van der Waals surface area contributed by atoms with Crippen LogP contribution in [0.5, 0.6) is 5.75 Å². The Morgan fingerprint density at radius 2 is 1.90 bits per heavy atom. The van der Waals surface area contributed by atoms with Crippen LogP contribution in [0.15, 0.2) is 54.6 Å². The molecule has 200 valence electrons. The molecule has 39 heavy (non-hydrogen) atoms. The van der Waals surface area contributed by atoms with E-state index in [1.807, 2.05) is 49.1 Å². The Hall–Kier alpha value is -4.16. The number of benzene rings is 2. The summed E-state index contributed by atoms with van der Waals surface area (Å²) in [5.41, 5.74) is 1.77. The summed E-state index contributed by atoms with van der Waals surface area (Å²) in [7, 11) is 0. The number of anilines is 4. The Bertz CT molecular complexity index is 1590. The number of aryl methyl sites for hydroxylation is 2. The van der Waals surface area contributed by atoms with E-state index < -0.39 is 11.8 Å². The topological polar surface area (TPSA) is 113 Å². The van der Waals surface area contributed by atoms with Gasteiger partial charge in [0, 0.05) is 11.4 Å². The summed E-state index contributed by atoms with van der Waals surface area (Å²) in [5.74, 6) is -0.204. The van der Waals surface area contributed by atoms with Crippen LogP contribution in [0.4, 0.5) is 26.3 Å². The Morgan fingerprint density at radius 1 is 1.10 bits per heavy atom. The van der Waals surface area contributed by atoms with Crippen LogP contribution in [0.3, 0.4) is 0 Å². The minimum Gasteiger partial charge on any atom is -0.491 e. The summed E-state index contributed by atoms with van der Waals surface area (Å²) in [5, 5.41) is 23.0. The minimum absolute atomic E-state index is 0.00172. The second-order valence-corrected chi connectivity index (χ2v) is 10.6. The van der Waals surface area contributed by atoms with Crippen molar-refractivity contribution in [2.75, 3.05) is 23.4 Å². The maximum atomic E-state index is 13.8. The number of rotatable bonds is 11. The molecule has 2 aromatic carbocycles. The van der Waals surface area contributed by atoms with Gasteiger partial charge in [-0.25, -0.2) is 19.2 Å². The number of aromatic carboxylic acids is 1. The smallest absolute Gasteiger partial charge is 0.355 e. The van der Waals surface area contributed by atoms with Gasteiger partial charge in [-0.2, -0.15) is 0 Å². The van der Waals surface area contributed by atoms with Crippen molar-refractivity contribution in [1.82, 2.24) is 20.2 Å². The molecule has 2 N–H and O–H groups in total. The average Bonchev–Trinajstić information content (AvgIpc) is 3.53. The average molecular weight is 565 g/mol. The molecule has 5 rings (SSSR count). The Kier molecular flexibility index (Phi) is 7.94. The van der Waals surface area contributed by atoms with Crippen LogP contribution in [0.2, 0.25) is 0 Å². The highest BCUT2D eigenvalue weighted by Gasteiger charge is 2.22. The molecule has 0 fully saturated rings. The first kappa shape index (κ1) is 26.4. The fraction of sp³-hybridized carbons (Fsp3) is 0.222. The van der Waals surface area contributed by atoms with E-state index in [0.29, 0.717) is 41.0 Å². The van der Waals surface area contributed by atoms with E-state index in [2.05, 4.69) is 25.5 Å². The van der Waals surface area contributed by atoms with Gasteiger partial charge in [0.2, 0.25) is 0 Å². The quantitative estimate of drug-likeness (QED) is 0.171. The highest BCUT2D eigenvalue weighted by Crippen LogP contribution is 2.33. The van der Waals surface area contributed by atoms with Crippen LogP contribution in [-0.2, 0) is 6.42 Å². The molecular weight excluding hydrogens is 539 g/mol. The zero-order valence-electron chi connectivity index (χ0n) is 21.2. The van der Waals surface area contributed by atoms with Crippen LogP contribution in [-0.4, -0.2) is 44.4 Å². The van der Waals surface area contributed by atoms with Crippen molar-refractivity contribution >= 4 is 60.8 Å². The molecule has 0 radical (unpaired) electrons. The monoisotopic (exact) mass is 564 g/mol. The maximum absolute atomic E-state index is 13.8. The lowest BCUT2D eigenvalue weighted by atomic mass is 10.2. The van der Waals surface area contributed by atoms with E-state index in [-0.39, 0.29) is 18.1 Å². The molecule has 0 saturated carbocycles. The molecule has 0 unspecified atom stereocenters. The van der Waals surface area contributed by atoms with Crippen LogP contribution in [0.25, 0.3) is 10.2 Å². The third-order valence-corrected chi connectivity index (χ3v) is 7.94. The number of halogens is 1. The normalized spacial score (nSPS) is 11.1. The van der Waals surface area contributed by atoms with E-state index >= 15 is 0 Å². The lowest BCUT2D eigenvalue weighted by molar-refractivity contribution is 0.0690. The zero-order chi connectivity index (χ0) is 27.4. The summed E-state index contributed by atoms with van der Waals surface area (Å²) in [6.07, 6.45) is 0.939. The van der Waals surface area contributed by atoms with Gasteiger partial charge in [-0.1, -0.05) is 35.6 Å². The molecule has 12 heteroatoms. The molecule has 9 nitrogen and oxygen atoms in total. The van der Waals surface area contributed by atoms with Crippen LogP contribution >= 0.6 is 22.7 Å². The summed E-state index contributed by atoms with van der Waals surface area (Å²) in [6, 6.07) is 16.0. The van der Waals surface area contributed by atoms with Crippen molar-refractivity contribution in [1.29, 1.82) is 0 Å². The van der Waals surface area contributed by atoms with Gasteiger partial charge in [0.25, 0.3) is 0 Å². The van der Waals surface area contributed by atoms with Gasteiger partial charge in [-0.15, -0.1) is 21.5 Å². The lowest BCUT2D eigenvalue weighted by Gasteiger charge is -2.19. The molecule has 0 amide bonds. The van der Waals surface area contributed by atoms with Crippen molar-refractivity contribution in [3.63, 3.8) is 0 Å².